The lowest BCUT2D eigenvalue weighted by Crippen LogP contribution is -2.05. The van der Waals surface area contributed by atoms with Gasteiger partial charge >= 0.3 is 0 Å². The van der Waals surface area contributed by atoms with Gasteiger partial charge in [-0.2, -0.15) is 0 Å². The van der Waals surface area contributed by atoms with Crippen LogP contribution in [0.2, 0.25) is 0 Å². The van der Waals surface area contributed by atoms with Gasteiger partial charge < -0.3 is 5.73 Å². The number of aryl methyl sites for hydroxylation is 1. The summed E-state index contributed by atoms with van der Waals surface area (Å²) in [5, 5.41) is 0. The fraction of sp³-hybridized carbons (Fsp3) is 0.167. The highest BCUT2D eigenvalue weighted by Gasteiger charge is 2.10. The molecule has 0 aliphatic rings. The standard InChI is InChI=1S/C12H10BrF2N3/c1-6-11(13)12(16)18-10(17-6)4-7-2-3-8(14)5-9(7)15/h2-3,5H,4H2,1H3,(H2,16,17,18). The Morgan fingerprint density at radius 1 is 1.28 bits per heavy atom. The first-order valence-electron chi connectivity index (χ1n) is 5.20. The van der Waals surface area contributed by atoms with Crippen LogP contribution in [0, 0.1) is 18.6 Å². The Morgan fingerprint density at radius 3 is 2.61 bits per heavy atom. The van der Waals surface area contributed by atoms with E-state index in [1.165, 1.54) is 12.1 Å². The van der Waals surface area contributed by atoms with Gasteiger partial charge in [-0.25, -0.2) is 18.7 Å². The molecule has 0 spiro atoms. The first-order valence-corrected chi connectivity index (χ1v) is 5.99. The van der Waals surface area contributed by atoms with Gasteiger partial charge in [0.1, 0.15) is 23.3 Å². The van der Waals surface area contributed by atoms with Crippen LogP contribution in [0.3, 0.4) is 0 Å². The molecule has 0 saturated carbocycles. The average Bonchev–Trinajstić information content (AvgIpc) is 2.29. The van der Waals surface area contributed by atoms with Gasteiger partial charge in [0.25, 0.3) is 0 Å². The quantitative estimate of drug-likeness (QED) is 0.927. The number of nitrogens with zero attached hydrogens (tertiary/aromatic N) is 2. The number of aromatic nitrogens is 2. The van der Waals surface area contributed by atoms with Crippen LogP contribution >= 0.6 is 15.9 Å². The van der Waals surface area contributed by atoms with E-state index in [1.807, 2.05) is 0 Å². The second-order valence-corrected chi connectivity index (χ2v) is 4.63. The lowest BCUT2D eigenvalue weighted by atomic mass is 10.1. The van der Waals surface area contributed by atoms with Crippen molar-refractivity contribution in [1.29, 1.82) is 0 Å². The summed E-state index contributed by atoms with van der Waals surface area (Å²) in [6.07, 6.45) is 0.171. The summed E-state index contributed by atoms with van der Waals surface area (Å²) in [4.78, 5) is 8.25. The van der Waals surface area contributed by atoms with E-state index >= 15 is 0 Å². The van der Waals surface area contributed by atoms with E-state index in [-0.39, 0.29) is 6.42 Å². The zero-order valence-electron chi connectivity index (χ0n) is 9.54. The minimum absolute atomic E-state index is 0.171. The third kappa shape index (κ3) is 2.64. The number of nitrogens with two attached hydrogens (primary N) is 1. The Bertz CT molecular complexity index is 579. The third-order valence-electron chi connectivity index (χ3n) is 2.45. The van der Waals surface area contributed by atoms with E-state index in [0.29, 0.717) is 27.4 Å². The highest BCUT2D eigenvalue weighted by atomic mass is 79.9. The van der Waals surface area contributed by atoms with Crippen LogP contribution in [0.5, 0.6) is 0 Å². The zero-order chi connectivity index (χ0) is 13.3. The SMILES string of the molecule is Cc1nc(Cc2ccc(F)cc2F)nc(N)c1Br. The first kappa shape index (κ1) is 12.9. The predicted octanol–water partition coefficient (Wildman–Crippen LogP) is 3.00. The van der Waals surface area contributed by atoms with Crippen molar-refractivity contribution < 1.29 is 8.78 Å². The number of benzene rings is 1. The molecule has 0 radical (unpaired) electrons. The molecule has 3 nitrogen and oxygen atoms in total. The maximum absolute atomic E-state index is 13.5. The van der Waals surface area contributed by atoms with Crippen molar-refractivity contribution in [2.45, 2.75) is 13.3 Å². The minimum atomic E-state index is -0.613. The Balaban J connectivity index is 2.34. The van der Waals surface area contributed by atoms with Gasteiger partial charge in [-0.1, -0.05) is 6.07 Å². The number of rotatable bonds is 2. The monoisotopic (exact) mass is 313 g/mol. The van der Waals surface area contributed by atoms with E-state index in [9.17, 15) is 8.78 Å². The predicted molar refractivity (Wildman–Crippen MR) is 68.0 cm³/mol. The highest BCUT2D eigenvalue weighted by molar-refractivity contribution is 9.10. The first-order chi connectivity index (χ1) is 8.47. The van der Waals surface area contributed by atoms with Gasteiger partial charge in [0.2, 0.25) is 0 Å². The van der Waals surface area contributed by atoms with Crippen LogP contribution in [0.15, 0.2) is 22.7 Å². The largest absolute Gasteiger partial charge is 0.383 e. The molecule has 6 heteroatoms. The van der Waals surface area contributed by atoms with Gasteiger partial charge in [0.15, 0.2) is 0 Å². The molecule has 1 heterocycles. The summed E-state index contributed by atoms with van der Waals surface area (Å²) in [7, 11) is 0. The Hall–Kier alpha value is -1.56. The zero-order valence-corrected chi connectivity index (χ0v) is 11.1. The van der Waals surface area contributed by atoms with Crippen molar-refractivity contribution in [2.24, 2.45) is 0 Å². The van der Waals surface area contributed by atoms with E-state index in [2.05, 4.69) is 25.9 Å². The van der Waals surface area contributed by atoms with Gasteiger partial charge in [-0.15, -0.1) is 0 Å². The summed E-state index contributed by atoms with van der Waals surface area (Å²) in [6, 6.07) is 3.42. The van der Waals surface area contributed by atoms with E-state index in [4.69, 9.17) is 5.73 Å². The lowest BCUT2D eigenvalue weighted by Gasteiger charge is -2.06. The topological polar surface area (TPSA) is 51.8 Å². The van der Waals surface area contributed by atoms with Crippen LogP contribution in [0.1, 0.15) is 17.1 Å². The maximum Gasteiger partial charge on any atom is 0.141 e. The Morgan fingerprint density at radius 2 is 2.00 bits per heavy atom. The van der Waals surface area contributed by atoms with Crippen molar-refractivity contribution in [3.8, 4) is 0 Å². The summed E-state index contributed by atoms with van der Waals surface area (Å²) in [5.41, 5.74) is 6.70. The molecule has 0 saturated heterocycles. The van der Waals surface area contributed by atoms with Crippen molar-refractivity contribution in [3.63, 3.8) is 0 Å². The summed E-state index contributed by atoms with van der Waals surface area (Å²) >= 11 is 3.25. The molecule has 0 aliphatic heterocycles. The highest BCUT2D eigenvalue weighted by Crippen LogP contribution is 2.21. The van der Waals surface area contributed by atoms with Crippen LogP contribution in [-0.4, -0.2) is 9.97 Å². The molecular formula is C12H10BrF2N3. The van der Waals surface area contributed by atoms with Gasteiger partial charge in [-0.3, -0.25) is 0 Å². The van der Waals surface area contributed by atoms with Gasteiger partial charge in [-0.05, 0) is 34.5 Å². The minimum Gasteiger partial charge on any atom is -0.383 e. The number of nitrogen functional groups attached to an aromatic ring is 1. The summed E-state index contributed by atoms with van der Waals surface area (Å²) < 4.78 is 26.9. The van der Waals surface area contributed by atoms with Crippen LogP contribution in [0.4, 0.5) is 14.6 Å². The van der Waals surface area contributed by atoms with Crippen molar-refractivity contribution >= 4 is 21.7 Å². The van der Waals surface area contributed by atoms with Crippen LogP contribution in [0.25, 0.3) is 0 Å². The molecule has 0 atom stereocenters. The van der Waals surface area contributed by atoms with E-state index in [1.54, 1.807) is 6.92 Å². The lowest BCUT2D eigenvalue weighted by molar-refractivity contribution is 0.573. The average molecular weight is 314 g/mol. The Kier molecular flexibility index (Phi) is 3.56. The molecule has 0 amide bonds. The van der Waals surface area contributed by atoms with Crippen molar-refractivity contribution in [1.82, 2.24) is 9.97 Å². The number of hydrogen-bond acceptors (Lipinski definition) is 3. The molecule has 0 unspecified atom stereocenters. The molecule has 18 heavy (non-hydrogen) atoms. The molecule has 0 fully saturated rings. The number of halogens is 3. The molecule has 1 aromatic carbocycles. The van der Waals surface area contributed by atoms with Crippen molar-refractivity contribution in [2.75, 3.05) is 5.73 Å². The second kappa shape index (κ2) is 4.97. The molecule has 94 valence electrons. The van der Waals surface area contributed by atoms with Crippen LogP contribution < -0.4 is 5.73 Å². The van der Waals surface area contributed by atoms with E-state index < -0.39 is 11.6 Å². The van der Waals surface area contributed by atoms with Crippen molar-refractivity contribution in [3.05, 3.63) is 51.4 Å². The second-order valence-electron chi connectivity index (χ2n) is 3.84. The molecule has 0 bridgehead atoms. The smallest absolute Gasteiger partial charge is 0.141 e. The molecule has 0 aliphatic carbocycles. The summed E-state index contributed by atoms with van der Waals surface area (Å²) in [5.74, 6) is -0.514. The van der Waals surface area contributed by atoms with Gasteiger partial charge in [0.05, 0.1) is 10.2 Å². The molecule has 2 N–H and O–H groups in total. The fourth-order valence-electron chi connectivity index (χ4n) is 1.56. The fourth-order valence-corrected chi connectivity index (χ4v) is 1.73. The van der Waals surface area contributed by atoms with Crippen LogP contribution in [-0.2, 0) is 6.42 Å². The third-order valence-corrected chi connectivity index (χ3v) is 3.43. The Labute approximate surface area is 111 Å². The molecule has 2 aromatic rings. The summed E-state index contributed by atoms with van der Waals surface area (Å²) in [6.45, 7) is 1.77. The number of anilines is 1. The van der Waals surface area contributed by atoms with Gasteiger partial charge in [0, 0.05) is 12.5 Å². The molecule has 2 rings (SSSR count). The van der Waals surface area contributed by atoms with E-state index in [0.717, 1.165) is 6.07 Å². The normalized spacial score (nSPS) is 10.7. The molecular weight excluding hydrogens is 304 g/mol. The molecule has 1 aromatic heterocycles. The maximum atomic E-state index is 13.5. The number of hydrogen-bond donors (Lipinski definition) is 1.